The average molecular weight is 628 g/mol. The molecule has 4 amide bonds. The molecular formula is C36H49N7O3. The fourth-order valence-electron chi connectivity index (χ4n) is 7.98. The predicted molar refractivity (Wildman–Crippen MR) is 180 cm³/mol. The van der Waals surface area contributed by atoms with Crippen LogP contribution in [0.25, 0.3) is 0 Å². The van der Waals surface area contributed by atoms with Gasteiger partial charge in [0.2, 0.25) is 11.8 Å². The Morgan fingerprint density at radius 2 is 1.63 bits per heavy atom. The van der Waals surface area contributed by atoms with Gasteiger partial charge in [0.1, 0.15) is 0 Å². The highest BCUT2D eigenvalue weighted by atomic mass is 16.2. The molecule has 0 aromatic heterocycles. The number of nitrogens with one attached hydrogen (secondary N) is 1. The van der Waals surface area contributed by atoms with Crippen molar-refractivity contribution < 1.29 is 14.4 Å². The van der Waals surface area contributed by atoms with Crippen LogP contribution in [-0.2, 0) is 22.6 Å². The lowest BCUT2D eigenvalue weighted by atomic mass is 9.90. The van der Waals surface area contributed by atoms with Crippen LogP contribution in [0.1, 0.15) is 73.6 Å². The Bertz CT molecular complexity index is 1420. The number of likely N-dealkylation sites (tertiary alicyclic amines) is 3. The highest BCUT2D eigenvalue weighted by Crippen LogP contribution is 2.29. The molecule has 3 saturated heterocycles. The van der Waals surface area contributed by atoms with Crippen LogP contribution >= 0.6 is 0 Å². The lowest BCUT2D eigenvalue weighted by molar-refractivity contribution is -0.143. The Morgan fingerprint density at radius 3 is 2.37 bits per heavy atom. The Hall–Kier alpha value is -3.92. The Labute approximate surface area is 273 Å². The number of rotatable bonds is 8. The number of nitrogens with zero attached hydrogens (tertiary/aromatic N) is 5. The molecule has 1 unspecified atom stereocenters. The van der Waals surface area contributed by atoms with Crippen molar-refractivity contribution >= 4 is 29.7 Å². The Morgan fingerprint density at radius 1 is 0.935 bits per heavy atom. The van der Waals surface area contributed by atoms with E-state index in [1.165, 1.54) is 32.4 Å². The standard InChI is InChI=1S/C36H49N7O3/c1-26-19-27(21-28(20-26)24-38-37)22-30(35(45)42-17-9-31(10-18-42)40-13-5-2-6-14-40)23-34(44)41-15-11-32(12-16-41)43-25-29-7-3-4-8-33(29)39-36(43)46/h3-4,7-8,19-21,24,30-32H,2,5-6,9-18,22-23,25,37H2,1H3,(H,39,46)/b38-24-. The summed E-state index contributed by atoms with van der Waals surface area (Å²) in [5, 5.41) is 6.71. The zero-order chi connectivity index (χ0) is 32.0. The minimum atomic E-state index is -0.439. The number of carbonyl (C=O) groups excluding carboxylic acids is 3. The molecule has 6 rings (SSSR count). The van der Waals surface area contributed by atoms with Gasteiger partial charge in [0.25, 0.3) is 0 Å². The number of amides is 4. The van der Waals surface area contributed by atoms with Crippen molar-refractivity contribution in [3.8, 4) is 0 Å². The van der Waals surface area contributed by atoms with Crippen LogP contribution in [-0.4, -0.2) is 95.0 Å². The van der Waals surface area contributed by atoms with Crippen molar-refractivity contribution in [2.75, 3.05) is 44.6 Å². The number of aryl methyl sites for hydroxylation is 1. The third-order valence-electron chi connectivity index (χ3n) is 10.4. The lowest BCUT2D eigenvalue weighted by Crippen LogP contribution is -2.52. The monoisotopic (exact) mass is 627 g/mol. The molecule has 1 atom stereocenters. The van der Waals surface area contributed by atoms with Crippen LogP contribution in [0.3, 0.4) is 0 Å². The summed E-state index contributed by atoms with van der Waals surface area (Å²) < 4.78 is 0. The normalized spacial score (nSPS) is 20.9. The van der Waals surface area contributed by atoms with E-state index in [1.54, 1.807) is 6.21 Å². The molecular weight excluding hydrogens is 578 g/mol. The molecule has 46 heavy (non-hydrogen) atoms. The van der Waals surface area contributed by atoms with Crippen molar-refractivity contribution in [2.24, 2.45) is 16.9 Å². The minimum absolute atomic E-state index is 0.0184. The van der Waals surface area contributed by atoms with E-state index >= 15 is 0 Å². The summed E-state index contributed by atoms with van der Waals surface area (Å²) in [5.74, 6) is 5.10. The van der Waals surface area contributed by atoms with Crippen LogP contribution in [0.2, 0.25) is 0 Å². The molecule has 4 aliphatic rings. The fourth-order valence-corrected chi connectivity index (χ4v) is 7.98. The summed E-state index contributed by atoms with van der Waals surface area (Å²) in [6.07, 6.45) is 9.60. The summed E-state index contributed by atoms with van der Waals surface area (Å²) in [6.45, 7) is 7.60. The number of hydrogen-bond donors (Lipinski definition) is 2. The van der Waals surface area contributed by atoms with E-state index in [9.17, 15) is 14.4 Å². The summed E-state index contributed by atoms with van der Waals surface area (Å²) in [7, 11) is 0. The highest BCUT2D eigenvalue weighted by Gasteiger charge is 2.36. The van der Waals surface area contributed by atoms with Crippen LogP contribution in [0.4, 0.5) is 10.5 Å². The summed E-state index contributed by atoms with van der Waals surface area (Å²) in [4.78, 5) is 49.3. The van der Waals surface area contributed by atoms with Gasteiger partial charge < -0.3 is 30.8 Å². The number of fused-ring (bicyclic) bond motifs is 1. The molecule has 0 spiro atoms. The number of hydrogen-bond acceptors (Lipinski definition) is 6. The third-order valence-corrected chi connectivity index (χ3v) is 10.4. The van der Waals surface area contributed by atoms with Crippen molar-refractivity contribution in [1.29, 1.82) is 0 Å². The predicted octanol–water partition coefficient (Wildman–Crippen LogP) is 4.35. The van der Waals surface area contributed by atoms with E-state index in [1.807, 2.05) is 58.0 Å². The van der Waals surface area contributed by atoms with Gasteiger partial charge in [-0.15, -0.1) is 0 Å². The van der Waals surface area contributed by atoms with E-state index < -0.39 is 5.92 Å². The molecule has 2 aromatic carbocycles. The number of benzene rings is 2. The number of urea groups is 1. The van der Waals surface area contributed by atoms with Crippen molar-refractivity contribution in [1.82, 2.24) is 19.6 Å². The number of carbonyl (C=O) groups is 3. The van der Waals surface area contributed by atoms with Gasteiger partial charge in [-0.05, 0) is 87.7 Å². The molecule has 3 fully saturated rings. The Kier molecular flexibility index (Phi) is 10.2. The zero-order valence-corrected chi connectivity index (χ0v) is 27.2. The molecule has 0 saturated carbocycles. The number of piperidine rings is 3. The third kappa shape index (κ3) is 7.54. The molecule has 0 aliphatic carbocycles. The average Bonchev–Trinajstić information content (AvgIpc) is 3.08. The van der Waals surface area contributed by atoms with Gasteiger partial charge in [-0.25, -0.2) is 4.79 Å². The van der Waals surface area contributed by atoms with E-state index in [0.717, 1.165) is 66.7 Å². The van der Waals surface area contributed by atoms with E-state index in [0.29, 0.717) is 32.1 Å². The second kappa shape index (κ2) is 14.7. The maximum absolute atomic E-state index is 14.1. The van der Waals surface area contributed by atoms with Gasteiger partial charge in [-0.1, -0.05) is 48.4 Å². The fraction of sp³-hybridized carbons (Fsp3) is 0.556. The van der Waals surface area contributed by atoms with E-state index in [2.05, 4.69) is 21.4 Å². The molecule has 10 heteroatoms. The summed E-state index contributed by atoms with van der Waals surface area (Å²) in [5.41, 5.74) is 4.96. The smallest absolute Gasteiger partial charge is 0.322 e. The minimum Gasteiger partial charge on any atom is -0.343 e. The van der Waals surface area contributed by atoms with Gasteiger partial charge in [-0.3, -0.25) is 9.59 Å². The first-order valence-corrected chi connectivity index (χ1v) is 17.2. The van der Waals surface area contributed by atoms with Gasteiger partial charge in [-0.2, -0.15) is 5.10 Å². The summed E-state index contributed by atoms with van der Waals surface area (Å²) >= 11 is 0. The quantitative estimate of drug-likeness (QED) is 0.257. The number of nitrogens with two attached hydrogens (primary N) is 1. The van der Waals surface area contributed by atoms with Crippen LogP contribution in [0, 0.1) is 12.8 Å². The molecule has 10 nitrogen and oxygen atoms in total. The SMILES string of the molecule is Cc1cc(/C=N\N)cc(CC(CC(=O)N2CCC(N3Cc4ccccc4NC3=O)CC2)C(=O)N2CCC(N3CCCCC3)CC2)c1. The molecule has 4 heterocycles. The first-order valence-electron chi connectivity index (χ1n) is 17.2. The zero-order valence-electron chi connectivity index (χ0n) is 27.2. The molecule has 246 valence electrons. The van der Waals surface area contributed by atoms with Crippen molar-refractivity contribution in [2.45, 2.75) is 83.3 Å². The molecule has 4 aliphatic heterocycles. The van der Waals surface area contributed by atoms with E-state index in [-0.39, 0.29) is 30.3 Å². The first-order chi connectivity index (χ1) is 22.4. The number of anilines is 1. The Balaban J connectivity index is 1.10. The number of para-hydroxylation sites is 1. The summed E-state index contributed by atoms with van der Waals surface area (Å²) in [6, 6.07) is 14.6. The lowest BCUT2D eigenvalue weighted by Gasteiger charge is -2.41. The largest absolute Gasteiger partial charge is 0.343 e. The molecule has 3 N–H and O–H groups in total. The van der Waals surface area contributed by atoms with Crippen LogP contribution in [0.5, 0.6) is 0 Å². The number of hydrazone groups is 1. The molecule has 0 bridgehead atoms. The molecule has 0 radical (unpaired) electrons. The highest BCUT2D eigenvalue weighted by molar-refractivity contribution is 5.92. The van der Waals surface area contributed by atoms with E-state index in [4.69, 9.17) is 5.84 Å². The van der Waals surface area contributed by atoms with Crippen molar-refractivity contribution in [3.05, 3.63) is 64.7 Å². The second-order valence-corrected chi connectivity index (χ2v) is 13.6. The van der Waals surface area contributed by atoms with Gasteiger partial charge in [0.15, 0.2) is 0 Å². The maximum Gasteiger partial charge on any atom is 0.322 e. The van der Waals surface area contributed by atoms with Gasteiger partial charge in [0, 0.05) is 56.9 Å². The van der Waals surface area contributed by atoms with Gasteiger partial charge >= 0.3 is 6.03 Å². The van der Waals surface area contributed by atoms with Crippen molar-refractivity contribution in [3.63, 3.8) is 0 Å². The first kappa shape index (κ1) is 32.0. The van der Waals surface area contributed by atoms with Crippen LogP contribution < -0.4 is 11.2 Å². The van der Waals surface area contributed by atoms with Gasteiger partial charge in [0.05, 0.1) is 12.1 Å². The molecule has 2 aromatic rings. The second-order valence-electron chi connectivity index (χ2n) is 13.6. The van der Waals surface area contributed by atoms with Crippen LogP contribution in [0.15, 0.2) is 47.6 Å². The topological polar surface area (TPSA) is 115 Å². The maximum atomic E-state index is 14.1.